The van der Waals surface area contributed by atoms with Gasteiger partial charge in [-0.3, -0.25) is 4.21 Å². The molecule has 1 aliphatic heterocycles. The minimum absolute atomic E-state index is 0.249. The lowest BCUT2D eigenvalue weighted by molar-refractivity contribution is 0.174. The van der Waals surface area contributed by atoms with E-state index >= 15 is 0 Å². The molecule has 0 spiro atoms. The summed E-state index contributed by atoms with van der Waals surface area (Å²) in [5.41, 5.74) is 0.988. The molecule has 22 heavy (non-hydrogen) atoms. The Balaban J connectivity index is 1.68. The van der Waals surface area contributed by atoms with E-state index in [4.69, 9.17) is 21.1 Å². The molecule has 0 aromatic heterocycles. The summed E-state index contributed by atoms with van der Waals surface area (Å²) >= 11 is 6.23. The molecule has 0 saturated heterocycles. The summed E-state index contributed by atoms with van der Waals surface area (Å²) in [5, 5.41) is 0.667. The Morgan fingerprint density at radius 1 is 1.05 bits per heavy atom. The van der Waals surface area contributed by atoms with E-state index in [1.165, 1.54) is 32.1 Å². The molecule has 0 radical (unpaired) electrons. The van der Waals surface area contributed by atoms with Gasteiger partial charge in [0.25, 0.3) is 0 Å². The standard InChI is InChI=1S/C17H25ClO3S/c1-2-3-4-5-6-7-9-22(19)10-8-14-11-16-17(12-15(14)18)21-13-20-16/h11-12H,2-10,13H2,1H3. The fourth-order valence-electron chi connectivity index (χ4n) is 2.52. The lowest BCUT2D eigenvalue weighted by Gasteiger charge is -2.06. The summed E-state index contributed by atoms with van der Waals surface area (Å²) in [4.78, 5) is 0. The zero-order chi connectivity index (χ0) is 15.8. The molecule has 3 nitrogen and oxygen atoms in total. The van der Waals surface area contributed by atoms with Crippen molar-refractivity contribution in [2.45, 2.75) is 51.9 Å². The average molecular weight is 345 g/mol. The van der Waals surface area contributed by atoms with Gasteiger partial charge in [-0.1, -0.05) is 50.6 Å². The molecule has 1 atom stereocenters. The van der Waals surface area contributed by atoms with Gasteiger partial charge in [0.05, 0.1) is 0 Å². The van der Waals surface area contributed by atoms with Crippen molar-refractivity contribution in [3.05, 3.63) is 22.7 Å². The summed E-state index contributed by atoms with van der Waals surface area (Å²) in [5.74, 6) is 2.89. The van der Waals surface area contributed by atoms with E-state index in [1.807, 2.05) is 6.07 Å². The number of benzene rings is 1. The Hall–Kier alpha value is -0.740. The van der Waals surface area contributed by atoms with E-state index in [9.17, 15) is 4.21 Å². The monoisotopic (exact) mass is 344 g/mol. The van der Waals surface area contributed by atoms with E-state index in [-0.39, 0.29) is 6.79 Å². The molecule has 1 aromatic carbocycles. The zero-order valence-electron chi connectivity index (χ0n) is 13.2. The van der Waals surface area contributed by atoms with Crippen LogP contribution in [0.1, 0.15) is 51.0 Å². The molecule has 0 amide bonds. The molecule has 0 aliphatic carbocycles. The maximum Gasteiger partial charge on any atom is 0.231 e. The van der Waals surface area contributed by atoms with Crippen molar-refractivity contribution in [2.24, 2.45) is 0 Å². The van der Waals surface area contributed by atoms with Gasteiger partial charge in [0.1, 0.15) is 0 Å². The van der Waals surface area contributed by atoms with Gasteiger partial charge in [-0.2, -0.15) is 0 Å². The molecule has 1 aliphatic rings. The topological polar surface area (TPSA) is 35.5 Å². The average Bonchev–Trinajstić information content (AvgIpc) is 2.95. The zero-order valence-corrected chi connectivity index (χ0v) is 14.8. The highest BCUT2D eigenvalue weighted by Gasteiger charge is 2.16. The van der Waals surface area contributed by atoms with Gasteiger partial charge in [0, 0.05) is 33.4 Å². The molecule has 1 aromatic rings. The fourth-order valence-corrected chi connectivity index (χ4v) is 3.95. The lowest BCUT2D eigenvalue weighted by Crippen LogP contribution is -2.06. The van der Waals surface area contributed by atoms with Crippen molar-refractivity contribution in [1.29, 1.82) is 0 Å². The normalized spacial score (nSPS) is 14.3. The van der Waals surface area contributed by atoms with Crippen molar-refractivity contribution in [1.82, 2.24) is 0 Å². The molecule has 124 valence electrons. The van der Waals surface area contributed by atoms with Crippen LogP contribution in [0.3, 0.4) is 0 Å². The van der Waals surface area contributed by atoms with Gasteiger partial charge < -0.3 is 9.47 Å². The highest BCUT2D eigenvalue weighted by atomic mass is 35.5. The molecule has 0 N–H and O–H groups in total. The first-order chi connectivity index (χ1) is 10.7. The van der Waals surface area contributed by atoms with Gasteiger partial charge in [0.15, 0.2) is 11.5 Å². The van der Waals surface area contributed by atoms with Crippen LogP contribution in [0.5, 0.6) is 11.5 Å². The summed E-state index contributed by atoms with van der Waals surface area (Å²) in [6, 6.07) is 3.70. The number of aryl methyl sites for hydroxylation is 1. The second-order valence-corrected chi connectivity index (χ2v) is 7.77. The molecular weight excluding hydrogens is 320 g/mol. The second-order valence-electron chi connectivity index (χ2n) is 5.66. The highest BCUT2D eigenvalue weighted by Crippen LogP contribution is 2.36. The van der Waals surface area contributed by atoms with Crippen LogP contribution in [-0.4, -0.2) is 22.5 Å². The number of halogens is 1. The maximum atomic E-state index is 12.1. The van der Waals surface area contributed by atoms with Gasteiger partial charge >= 0.3 is 0 Å². The Morgan fingerprint density at radius 3 is 2.50 bits per heavy atom. The minimum atomic E-state index is -0.765. The Labute approximate surface area is 140 Å². The highest BCUT2D eigenvalue weighted by molar-refractivity contribution is 7.84. The fraction of sp³-hybridized carbons (Fsp3) is 0.647. The third-order valence-electron chi connectivity index (χ3n) is 3.87. The molecule has 2 rings (SSSR count). The lowest BCUT2D eigenvalue weighted by atomic mass is 10.1. The van der Waals surface area contributed by atoms with E-state index in [0.717, 1.165) is 29.9 Å². The predicted octanol–water partition coefficient (Wildman–Crippen LogP) is 4.72. The molecule has 0 bridgehead atoms. The van der Waals surface area contributed by atoms with E-state index in [2.05, 4.69) is 6.92 Å². The summed E-state index contributed by atoms with van der Waals surface area (Å²) in [7, 11) is -0.765. The predicted molar refractivity (Wildman–Crippen MR) is 92.5 cm³/mol. The van der Waals surface area contributed by atoms with Crippen LogP contribution in [0.4, 0.5) is 0 Å². The SMILES string of the molecule is CCCCCCCCS(=O)CCc1cc2c(cc1Cl)OCO2. The maximum absolute atomic E-state index is 12.1. The van der Waals surface area contributed by atoms with Crippen LogP contribution in [0.2, 0.25) is 5.02 Å². The van der Waals surface area contributed by atoms with Crippen molar-refractivity contribution in [2.75, 3.05) is 18.3 Å². The van der Waals surface area contributed by atoms with Crippen molar-refractivity contribution in [3.63, 3.8) is 0 Å². The number of hydrogen-bond acceptors (Lipinski definition) is 3. The largest absolute Gasteiger partial charge is 0.454 e. The number of rotatable bonds is 10. The minimum Gasteiger partial charge on any atom is -0.454 e. The molecule has 0 saturated carbocycles. The molecule has 1 unspecified atom stereocenters. The first-order valence-corrected chi connectivity index (χ1v) is 10.00. The summed E-state index contributed by atoms with van der Waals surface area (Å²) in [6.45, 7) is 2.47. The van der Waals surface area contributed by atoms with Gasteiger partial charge in [-0.15, -0.1) is 0 Å². The second kappa shape index (κ2) is 9.41. The summed E-state index contributed by atoms with van der Waals surface area (Å²) in [6.07, 6.45) is 8.11. The van der Waals surface area contributed by atoms with Gasteiger partial charge in [-0.05, 0) is 24.5 Å². The van der Waals surface area contributed by atoms with E-state index in [1.54, 1.807) is 6.07 Å². The van der Waals surface area contributed by atoms with Crippen LogP contribution in [0.25, 0.3) is 0 Å². The van der Waals surface area contributed by atoms with Gasteiger partial charge in [-0.25, -0.2) is 0 Å². The first-order valence-electron chi connectivity index (χ1n) is 8.13. The third-order valence-corrected chi connectivity index (χ3v) is 5.62. The first kappa shape index (κ1) is 17.6. The quantitative estimate of drug-likeness (QED) is 0.576. The van der Waals surface area contributed by atoms with Crippen LogP contribution >= 0.6 is 11.6 Å². The molecule has 5 heteroatoms. The van der Waals surface area contributed by atoms with Crippen molar-refractivity contribution >= 4 is 22.4 Å². The Kier molecular flexibility index (Phi) is 7.53. The Morgan fingerprint density at radius 2 is 1.73 bits per heavy atom. The van der Waals surface area contributed by atoms with Crippen LogP contribution in [0.15, 0.2) is 12.1 Å². The number of ether oxygens (including phenoxy) is 2. The molecule has 1 heterocycles. The van der Waals surface area contributed by atoms with Crippen LogP contribution in [-0.2, 0) is 17.2 Å². The smallest absolute Gasteiger partial charge is 0.231 e. The number of fused-ring (bicyclic) bond motifs is 1. The third kappa shape index (κ3) is 5.47. The molecule has 0 fully saturated rings. The molecular formula is C17H25ClO3S. The van der Waals surface area contributed by atoms with Crippen LogP contribution in [0, 0.1) is 0 Å². The van der Waals surface area contributed by atoms with E-state index < -0.39 is 10.8 Å². The Bertz CT molecular complexity index is 505. The van der Waals surface area contributed by atoms with Crippen molar-refractivity contribution < 1.29 is 13.7 Å². The van der Waals surface area contributed by atoms with Gasteiger partial charge in [0.2, 0.25) is 6.79 Å². The summed E-state index contributed by atoms with van der Waals surface area (Å²) < 4.78 is 22.7. The van der Waals surface area contributed by atoms with Crippen molar-refractivity contribution in [3.8, 4) is 11.5 Å². The van der Waals surface area contributed by atoms with Crippen LogP contribution < -0.4 is 9.47 Å². The number of hydrogen-bond donors (Lipinski definition) is 0. The van der Waals surface area contributed by atoms with E-state index in [0.29, 0.717) is 16.5 Å². The number of unbranched alkanes of at least 4 members (excludes halogenated alkanes) is 5.